The highest BCUT2D eigenvalue weighted by Gasteiger charge is 2.49. The van der Waals surface area contributed by atoms with Crippen LogP contribution in [0.25, 0.3) is 11.1 Å². The maximum atomic E-state index is 2.60. The highest BCUT2D eigenvalue weighted by atomic mass is 15.2. The van der Waals surface area contributed by atoms with Crippen molar-refractivity contribution in [3.8, 4) is 11.1 Å². The zero-order chi connectivity index (χ0) is 33.8. The molecule has 0 bridgehead atoms. The van der Waals surface area contributed by atoms with Gasteiger partial charge in [0, 0.05) is 34.6 Å². The van der Waals surface area contributed by atoms with Gasteiger partial charge in [0.1, 0.15) is 0 Å². The Morgan fingerprint density at radius 2 is 1.04 bits per heavy atom. The molecule has 6 aromatic rings. The molecule has 8 rings (SSSR count). The molecule has 0 saturated heterocycles. The molecule has 2 aliphatic carbocycles. The SMILES string of the molecule is CCC(C)(c1ccc2c(c1)C(C)(C)c1cc3c(cc1-2)CC3(CC)N(c1ccccc1)c1ccccc1)N(c1ccccc1)c1ccccc1. The van der Waals surface area contributed by atoms with Crippen LogP contribution in [0.15, 0.2) is 152 Å². The van der Waals surface area contributed by atoms with E-state index in [0.717, 1.165) is 19.3 Å². The number of hydrogen-bond acceptors (Lipinski definition) is 2. The lowest BCUT2D eigenvalue weighted by molar-refractivity contribution is 0.362. The largest absolute Gasteiger partial charge is 0.331 e. The van der Waals surface area contributed by atoms with E-state index in [4.69, 9.17) is 0 Å². The number of rotatable bonds is 9. The van der Waals surface area contributed by atoms with Gasteiger partial charge >= 0.3 is 0 Å². The van der Waals surface area contributed by atoms with Crippen molar-refractivity contribution in [2.45, 2.75) is 70.4 Å². The van der Waals surface area contributed by atoms with E-state index in [1.54, 1.807) is 0 Å². The first-order chi connectivity index (χ1) is 23.8. The number of nitrogens with zero attached hydrogens (tertiary/aromatic N) is 2. The van der Waals surface area contributed by atoms with Gasteiger partial charge in [-0.05, 0) is 107 Å². The van der Waals surface area contributed by atoms with Crippen LogP contribution in [0.2, 0.25) is 0 Å². The normalized spacial score (nSPS) is 18.0. The molecule has 0 amide bonds. The van der Waals surface area contributed by atoms with Gasteiger partial charge in [-0.1, -0.05) is 131 Å². The molecule has 2 heteroatoms. The van der Waals surface area contributed by atoms with Crippen molar-refractivity contribution >= 4 is 22.7 Å². The second-order valence-electron chi connectivity index (χ2n) is 14.6. The van der Waals surface area contributed by atoms with Crippen LogP contribution >= 0.6 is 0 Å². The minimum Gasteiger partial charge on any atom is -0.331 e. The molecule has 2 atom stereocenters. The smallest absolute Gasteiger partial charge is 0.0743 e. The van der Waals surface area contributed by atoms with E-state index in [0.29, 0.717) is 0 Å². The molecule has 2 aliphatic rings. The van der Waals surface area contributed by atoms with E-state index in [-0.39, 0.29) is 16.5 Å². The monoisotopic (exact) mass is 638 g/mol. The Balaban J connectivity index is 1.24. The molecule has 0 heterocycles. The molecule has 6 aromatic carbocycles. The van der Waals surface area contributed by atoms with Crippen LogP contribution in [-0.2, 0) is 22.9 Å². The summed E-state index contributed by atoms with van der Waals surface area (Å²) in [6.07, 6.45) is 3.02. The summed E-state index contributed by atoms with van der Waals surface area (Å²) in [7, 11) is 0. The molecule has 0 aliphatic heterocycles. The van der Waals surface area contributed by atoms with Gasteiger partial charge in [0.05, 0.1) is 11.1 Å². The molecular formula is C47H46N2. The minimum absolute atomic E-state index is 0.101. The summed E-state index contributed by atoms with van der Waals surface area (Å²) in [5.74, 6) is 0. The second kappa shape index (κ2) is 11.8. The van der Waals surface area contributed by atoms with Crippen molar-refractivity contribution in [3.63, 3.8) is 0 Å². The van der Waals surface area contributed by atoms with Gasteiger partial charge in [0.15, 0.2) is 0 Å². The molecule has 0 spiro atoms. The van der Waals surface area contributed by atoms with E-state index in [1.165, 1.54) is 61.7 Å². The summed E-state index contributed by atoms with van der Waals surface area (Å²) in [4.78, 5) is 5.13. The van der Waals surface area contributed by atoms with Gasteiger partial charge in [-0.25, -0.2) is 0 Å². The summed E-state index contributed by atoms with van der Waals surface area (Å²) in [5, 5.41) is 0. The average molecular weight is 639 g/mol. The van der Waals surface area contributed by atoms with Gasteiger partial charge in [-0.2, -0.15) is 0 Å². The molecule has 2 nitrogen and oxygen atoms in total. The third-order valence-electron chi connectivity index (χ3n) is 11.8. The van der Waals surface area contributed by atoms with E-state index >= 15 is 0 Å². The topological polar surface area (TPSA) is 6.48 Å². The lowest BCUT2D eigenvalue weighted by atomic mass is 9.65. The predicted octanol–water partition coefficient (Wildman–Crippen LogP) is 12.5. The molecule has 244 valence electrons. The molecule has 0 aromatic heterocycles. The highest BCUT2D eigenvalue weighted by molar-refractivity contribution is 5.84. The van der Waals surface area contributed by atoms with Crippen LogP contribution < -0.4 is 9.80 Å². The molecule has 0 radical (unpaired) electrons. The van der Waals surface area contributed by atoms with Gasteiger partial charge in [-0.3, -0.25) is 0 Å². The molecule has 0 saturated carbocycles. The zero-order valence-corrected chi connectivity index (χ0v) is 29.4. The van der Waals surface area contributed by atoms with Crippen LogP contribution in [0.1, 0.15) is 75.3 Å². The lowest BCUT2D eigenvalue weighted by Crippen LogP contribution is -2.51. The van der Waals surface area contributed by atoms with Gasteiger partial charge < -0.3 is 9.80 Å². The van der Waals surface area contributed by atoms with Gasteiger partial charge in [-0.15, -0.1) is 0 Å². The minimum atomic E-state index is -0.254. The van der Waals surface area contributed by atoms with E-state index in [2.05, 4.69) is 196 Å². The Kier molecular flexibility index (Phi) is 7.52. The second-order valence-corrected chi connectivity index (χ2v) is 14.6. The number of benzene rings is 6. The number of fused-ring (bicyclic) bond motifs is 4. The van der Waals surface area contributed by atoms with Crippen molar-refractivity contribution < 1.29 is 0 Å². The van der Waals surface area contributed by atoms with Crippen LogP contribution in [0, 0.1) is 0 Å². The van der Waals surface area contributed by atoms with Crippen molar-refractivity contribution in [3.05, 3.63) is 179 Å². The van der Waals surface area contributed by atoms with Crippen molar-refractivity contribution in [1.82, 2.24) is 0 Å². The van der Waals surface area contributed by atoms with Crippen LogP contribution in [0.5, 0.6) is 0 Å². The number of anilines is 4. The fraction of sp³-hybridized carbons (Fsp3) is 0.234. The van der Waals surface area contributed by atoms with Gasteiger partial charge in [0.2, 0.25) is 0 Å². The van der Waals surface area contributed by atoms with E-state index in [9.17, 15) is 0 Å². The quantitative estimate of drug-likeness (QED) is 0.155. The van der Waals surface area contributed by atoms with Crippen LogP contribution in [-0.4, -0.2) is 0 Å². The van der Waals surface area contributed by atoms with Crippen molar-refractivity contribution in [2.75, 3.05) is 9.80 Å². The Morgan fingerprint density at radius 1 is 0.551 bits per heavy atom. The van der Waals surface area contributed by atoms with E-state index in [1.807, 2.05) is 0 Å². The first kappa shape index (κ1) is 31.2. The molecular weight excluding hydrogens is 593 g/mol. The molecule has 0 fully saturated rings. The number of para-hydroxylation sites is 4. The molecule has 2 unspecified atom stereocenters. The third-order valence-corrected chi connectivity index (χ3v) is 11.8. The van der Waals surface area contributed by atoms with Crippen molar-refractivity contribution in [1.29, 1.82) is 0 Å². The van der Waals surface area contributed by atoms with Crippen LogP contribution in [0.4, 0.5) is 22.7 Å². The third kappa shape index (κ3) is 4.76. The fourth-order valence-electron chi connectivity index (χ4n) is 8.88. The molecule has 0 N–H and O–H groups in total. The molecule has 49 heavy (non-hydrogen) atoms. The Labute approximate surface area is 292 Å². The Hall–Kier alpha value is -5.08. The Bertz CT molecular complexity index is 2020. The summed E-state index contributed by atoms with van der Waals surface area (Å²) in [6, 6.07) is 56.1. The first-order valence-corrected chi connectivity index (χ1v) is 18.0. The van der Waals surface area contributed by atoms with Crippen LogP contribution in [0.3, 0.4) is 0 Å². The maximum absolute atomic E-state index is 2.60. The summed E-state index contributed by atoms with van der Waals surface area (Å²) >= 11 is 0. The summed E-state index contributed by atoms with van der Waals surface area (Å²) in [6.45, 7) is 12.0. The van der Waals surface area contributed by atoms with Gasteiger partial charge in [0.25, 0.3) is 0 Å². The number of hydrogen-bond donors (Lipinski definition) is 0. The predicted molar refractivity (Wildman–Crippen MR) is 207 cm³/mol. The Morgan fingerprint density at radius 3 is 1.53 bits per heavy atom. The lowest BCUT2D eigenvalue weighted by Gasteiger charge is -2.53. The fourth-order valence-corrected chi connectivity index (χ4v) is 8.88. The van der Waals surface area contributed by atoms with Crippen molar-refractivity contribution in [2.24, 2.45) is 0 Å². The maximum Gasteiger partial charge on any atom is 0.0743 e. The average Bonchev–Trinajstić information content (AvgIpc) is 3.36. The van der Waals surface area contributed by atoms with E-state index < -0.39 is 0 Å². The highest BCUT2D eigenvalue weighted by Crippen LogP contribution is 2.57. The summed E-state index contributed by atoms with van der Waals surface area (Å²) < 4.78 is 0. The standard InChI is InChI=1S/C47H46N2/c1-6-46(5,48(36-20-12-8-13-21-36)37-22-14-9-15-23-37)35-28-29-40-41-30-34-33-47(7-2,42(34)32-44(41)45(3,4)43(40)31-35)49(38-24-16-10-17-25-38)39-26-18-11-19-27-39/h8-32H,6-7,33H2,1-5H3. The first-order valence-electron chi connectivity index (χ1n) is 18.0. The zero-order valence-electron chi connectivity index (χ0n) is 29.4. The summed E-state index contributed by atoms with van der Waals surface area (Å²) in [5.41, 5.74) is 14.4.